The molecule has 46 heavy (non-hydrogen) atoms. The second-order valence-electron chi connectivity index (χ2n) is 13.0. The Morgan fingerprint density at radius 3 is 2.22 bits per heavy atom. The van der Waals surface area contributed by atoms with Gasteiger partial charge in [-0.15, -0.1) is 0 Å². The third-order valence-corrected chi connectivity index (χ3v) is 9.40. The lowest BCUT2D eigenvalue weighted by Crippen LogP contribution is -2.48. The van der Waals surface area contributed by atoms with Crippen LogP contribution in [0.2, 0.25) is 0 Å². The van der Waals surface area contributed by atoms with Gasteiger partial charge in [0.2, 0.25) is 10.0 Å². The summed E-state index contributed by atoms with van der Waals surface area (Å²) in [7, 11) is -4.17. The molecule has 11 heteroatoms. The predicted octanol–water partition coefficient (Wildman–Crippen LogP) is 7.64. The van der Waals surface area contributed by atoms with Gasteiger partial charge in [0.05, 0.1) is 27.3 Å². The minimum Gasteiger partial charge on any atom is -0.493 e. The van der Waals surface area contributed by atoms with Gasteiger partial charge in [0.25, 0.3) is 0 Å². The van der Waals surface area contributed by atoms with Crippen molar-refractivity contribution in [2.24, 2.45) is 10.6 Å². The van der Waals surface area contributed by atoms with Gasteiger partial charge in [-0.3, -0.25) is 0 Å². The summed E-state index contributed by atoms with van der Waals surface area (Å²) in [5.74, 6) is 0.272. The fourth-order valence-corrected chi connectivity index (χ4v) is 6.55. The number of anilines is 1. The number of hydrogen-bond donors (Lipinski definition) is 3. The molecule has 0 amide bonds. The Kier molecular flexibility index (Phi) is 8.74. The molecule has 4 N–H and O–H groups in total. The molecule has 1 fully saturated rings. The summed E-state index contributed by atoms with van der Waals surface area (Å²) in [4.78, 5) is 4.98. The number of ether oxygens (including phenoxy) is 1. The molecule has 1 aromatic heterocycles. The van der Waals surface area contributed by atoms with E-state index in [4.69, 9.17) is 14.9 Å². The average Bonchev–Trinajstić information content (AvgIpc) is 2.94. The van der Waals surface area contributed by atoms with Gasteiger partial charge in [0, 0.05) is 28.4 Å². The van der Waals surface area contributed by atoms with E-state index in [1.165, 1.54) is 6.07 Å². The highest BCUT2D eigenvalue weighted by Gasteiger charge is 2.48. The second kappa shape index (κ2) is 12.0. The monoisotopic (exact) mass is 653 g/mol. The number of halogens is 3. The van der Waals surface area contributed by atoms with Crippen LogP contribution in [0.5, 0.6) is 5.75 Å². The molecular weight excluding hydrogens is 615 g/mol. The molecule has 7 nitrogen and oxygen atoms in total. The maximum Gasteiger partial charge on any atom is 0.397 e. The van der Waals surface area contributed by atoms with Gasteiger partial charge < -0.3 is 15.2 Å². The fourth-order valence-electron chi connectivity index (χ4n) is 5.79. The van der Waals surface area contributed by atoms with E-state index in [0.29, 0.717) is 46.6 Å². The lowest BCUT2D eigenvalue weighted by atomic mass is 9.77. The number of rotatable bonds is 9. The molecule has 0 saturated heterocycles. The van der Waals surface area contributed by atoms with E-state index < -0.39 is 33.8 Å². The number of alkyl halides is 3. The Labute approximate surface area is 267 Å². The van der Waals surface area contributed by atoms with Crippen molar-refractivity contribution >= 4 is 15.7 Å². The van der Waals surface area contributed by atoms with Crippen molar-refractivity contribution in [3.63, 3.8) is 0 Å². The first-order chi connectivity index (χ1) is 21.4. The summed E-state index contributed by atoms with van der Waals surface area (Å²) in [6.07, 6.45) is -3.45. The highest BCUT2D eigenvalue weighted by molar-refractivity contribution is 7.89. The van der Waals surface area contributed by atoms with Crippen molar-refractivity contribution in [2.75, 3.05) is 11.9 Å². The van der Waals surface area contributed by atoms with E-state index in [9.17, 15) is 26.7 Å². The van der Waals surface area contributed by atoms with E-state index >= 15 is 0 Å². The van der Waals surface area contributed by atoms with Crippen LogP contribution in [0.3, 0.4) is 0 Å². The highest BCUT2D eigenvalue weighted by Crippen LogP contribution is 2.43. The van der Waals surface area contributed by atoms with Crippen molar-refractivity contribution < 1.29 is 31.4 Å². The molecule has 1 heterocycles. The number of sulfonamides is 1. The van der Waals surface area contributed by atoms with Crippen LogP contribution < -0.4 is 15.2 Å². The molecule has 3 aromatic carbocycles. The largest absolute Gasteiger partial charge is 0.493 e. The van der Waals surface area contributed by atoms with Gasteiger partial charge >= 0.3 is 6.18 Å². The van der Waals surface area contributed by atoms with Crippen molar-refractivity contribution in [2.45, 2.75) is 70.2 Å². The minimum atomic E-state index is -4.43. The zero-order valence-corrected chi connectivity index (χ0v) is 27.2. The van der Waals surface area contributed by atoms with Gasteiger partial charge in [0.1, 0.15) is 12.4 Å². The third kappa shape index (κ3) is 6.91. The first kappa shape index (κ1) is 33.4. The number of primary sulfonamides is 1. The number of aliphatic hydroxyl groups is 1. The molecule has 4 aromatic rings. The SMILES string of the molecule is Cc1cccc(C)c1-c1nc(-c2c(NC3CC(C)(O)C3)cccc2S(N)(=O)=O)ccc1-c1cccc(OCC(C)(C)C(F)(F)F)c1. The Bertz CT molecular complexity index is 1860. The summed E-state index contributed by atoms with van der Waals surface area (Å²) in [6, 6.07) is 20.9. The average molecular weight is 654 g/mol. The molecule has 1 aliphatic carbocycles. The summed E-state index contributed by atoms with van der Waals surface area (Å²) < 4.78 is 71.7. The maximum atomic E-state index is 13.5. The molecule has 244 valence electrons. The summed E-state index contributed by atoms with van der Waals surface area (Å²) in [5, 5.41) is 19.4. The predicted molar refractivity (Wildman–Crippen MR) is 174 cm³/mol. The van der Waals surface area contributed by atoms with Crippen LogP contribution in [0.25, 0.3) is 33.6 Å². The summed E-state index contributed by atoms with van der Waals surface area (Å²) >= 11 is 0. The van der Waals surface area contributed by atoms with E-state index in [0.717, 1.165) is 30.5 Å². The van der Waals surface area contributed by atoms with E-state index in [1.807, 2.05) is 44.2 Å². The molecule has 0 bridgehead atoms. The number of benzene rings is 3. The molecule has 0 unspecified atom stereocenters. The van der Waals surface area contributed by atoms with Gasteiger partial charge in [-0.25, -0.2) is 18.5 Å². The van der Waals surface area contributed by atoms with Gasteiger partial charge in [-0.05, 0) is 94.5 Å². The highest BCUT2D eigenvalue weighted by atomic mass is 32.2. The van der Waals surface area contributed by atoms with Crippen molar-refractivity contribution in [3.8, 4) is 39.4 Å². The summed E-state index contributed by atoms with van der Waals surface area (Å²) in [5.41, 5.74) is 2.93. The van der Waals surface area contributed by atoms with E-state index in [1.54, 1.807) is 43.3 Å². The first-order valence-electron chi connectivity index (χ1n) is 14.9. The Morgan fingerprint density at radius 2 is 1.61 bits per heavy atom. The first-order valence-corrected chi connectivity index (χ1v) is 16.4. The number of aromatic nitrogens is 1. The smallest absolute Gasteiger partial charge is 0.397 e. The van der Waals surface area contributed by atoms with Gasteiger partial charge in [0.15, 0.2) is 0 Å². The lowest BCUT2D eigenvalue weighted by Gasteiger charge is -2.42. The van der Waals surface area contributed by atoms with Crippen molar-refractivity contribution in [1.29, 1.82) is 0 Å². The van der Waals surface area contributed by atoms with Crippen LogP contribution in [0.4, 0.5) is 18.9 Å². The zero-order chi connectivity index (χ0) is 33.7. The molecule has 1 aliphatic rings. The van der Waals surface area contributed by atoms with Crippen molar-refractivity contribution in [1.82, 2.24) is 4.98 Å². The van der Waals surface area contributed by atoms with Gasteiger partial charge in [-0.2, -0.15) is 13.2 Å². The summed E-state index contributed by atoms with van der Waals surface area (Å²) in [6.45, 7) is 7.28. The number of nitrogens with two attached hydrogens (primary N) is 1. The fraction of sp³-hybridized carbons (Fsp3) is 0.343. The van der Waals surface area contributed by atoms with E-state index in [2.05, 4.69) is 5.32 Å². The molecular formula is C35H38F3N3O4S. The molecule has 0 spiro atoms. The van der Waals surface area contributed by atoms with Crippen LogP contribution in [-0.2, 0) is 10.0 Å². The van der Waals surface area contributed by atoms with Gasteiger partial charge in [-0.1, -0.05) is 42.5 Å². The standard InChI is InChI=1S/C35H38F3N3O4S/c1-21-9-6-10-22(2)30(21)32-26(23-11-7-12-25(17-23)45-20-33(3,4)35(36,37)38)15-16-28(41-32)31-27(40-24-18-34(5,42)19-24)13-8-14-29(31)46(39,43)44/h6-17,24,40,42H,18-20H2,1-5H3,(H2,39,43,44). The molecule has 0 atom stereocenters. The number of aryl methyl sites for hydroxylation is 2. The molecule has 0 aliphatic heterocycles. The van der Waals surface area contributed by atoms with Crippen LogP contribution in [0.15, 0.2) is 77.7 Å². The van der Waals surface area contributed by atoms with Crippen LogP contribution >= 0.6 is 0 Å². The second-order valence-corrected chi connectivity index (χ2v) is 14.6. The van der Waals surface area contributed by atoms with Crippen LogP contribution in [-0.4, -0.2) is 42.9 Å². The molecule has 5 rings (SSSR count). The van der Waals surface area contributed by atoms with Crippen LogP contribution in [0.1, 0.15) is 44.7 Å². The number of pyridine rings is 1. The van der Waals surface area contributed by atoms with Crippen molar-refractivity contribution in [3.05, 3.63) is 83.9 Å². The third-order valence-electron chi connectivity index (χ3n) is 8.45. The minimum absolute atomic E-state index is 0.0769. The normalized spacial score (nSPS) is 18.6. The number of nitrogens with zero attached hydrogens (tertiary/aromatic N) is 1. The van der Waals surface area contributed by atoms with E-state index in [-0.39, 0.29) is 16.7 Å². The maximum absolute atomic E-state index is 13.5. The van der Waals surface area contributed by atoms with Crippen LogP contribution in [0, 0.1) is 19.3 Å². The Balaban J connectivity index is 1.66. The zero-order valence-electron chi connectivity index (χ0n) is 26.4. The molecule has 0 radical (unpaired) electrons. The Hall–Kier alpha value is -3.93. The quantitative estimate of drug-likeness (QED) is 0.171. The number of nitrogens with one attached hydrogen (secondary N) is 1. The lowest BCUT2D eigenvalue weighted by molar-refractivity contribution is -0.219. The topological polar surface area (TPSA) is 115 Å². The molecule has 1 saturated carbocycles. The Morgan fingerprint density at radius 1 is 0.978 bits per heavy atom. The number of hydrogen-bond acceptors (Lipinski definition) is 6.